The van der Waals surface area contributed by atoms with Crippen LogP contribution in [0.5, 0.6) is 5.75 Å². The topological polar surface area (TPSA) is 132 Å². The highest BCUT2D eigenvalue weighted by Gasteiger charge is 2.31. The molecule has 2 amide bonds. The molecule has 0 atom stereocenters. The van der Waals surface area contributed by atoms with Crippen LogP contribution in [-0.4, -0.2) is 85.6 Å². The number of sulfone groups is 1. The third kappa shape index (κ3) is 5.51. The molecule has 12 heteroatoms. The van der Waals surface area contributed by atoms with E-state index in [9.17, 15) is 18.0 Å². The minimum absolute atomic E-state index is 0.0251. The fourth-order valence-electron chi connectivity index (χ4n) is 2.98. The Morgan fingerprint density at radius 3 is 2.26 bits per heavy atom. The average molecular weight is 452 g/mol. The van der Waals surface area contributed by atoms with Crippen molar-refractivity contribution in [3.8, 4) is 17.2 Å². The lowest BCUT2D eigenvalue weighted by atomic mass is 10.2. The number of hydrogen-bond acceptors (Lipinski definition) is 9. The maximum Gasteiger partial charge on any atom is 0.409 e. The van der Waals surface area contributed by atoms with Gasteiger partial charge in [-0.25, -0.2) is 13.2 Å². The Labute approximate surface area is 179 Å². The summed E-state index contributed by atoms with van der Waals surface area (Å²) in [7, 11) is -4.11. The molecular weight excluding hydrogens is 428 g/mol. The number of amides is 2. The molecule has 0 unspecified atom stereocenters. The quantitative estimate of drug-likeness (QED) is 0.608. The number of carbonyl (C=O) groups excluding carboxylic acids is 2. The van der Waals surface area contributed by atoms with E-state index in [4.69, 9.17) is 13.9 Å². The number of aromatic nitrogens is 2. The van der Waals surface area contributed by atoms with Gasteiger partial charge in [0.25, 0.3) is 0 Å². The van der Waals surface area contributed by atoms with Crippen LogP contribution in [0.3, 0.4) is 0 Å². The van der Waals surface area contributed by atoms with Gasteiger partial charge in [0.05, 0.1) is 13.2 Å². The van der Waals surface area contributed by atoms with Crippen LogP contribution in [0.2, 0.25) is 0 Å². The van der Waals surface area contributed by atoms with Gasteiger partial charge in [-0.2, -0.15) is 0 Å². The summed E-state index contributed by atoms with van der Waals surface area (Å²) in [6, 6.07) is 6.75. The van der Waals surface area contributed by atoms with Gasteiger partial charge in [0, 0.05) is 31.7 Å². The van der Waals surface area contributed by atoms with E-state index >= 15 is 0 Å². The molecule has 11 nitrogen and oxygen atoms in total. The summed E-state index contributed by atoms with van der Waals surface area (Å²) in [5.74, 6) is -0.703. The molecule has 0 bridgehead atoms. The van der Waals surface area contributed by atoms with Crippen molar-refractivity contribution in [2.45, 2.75) is 19.1 Å². The highest BCUT2D eigenvalue weighted by Crippen LogP contribution is 2.23. The summed E-state index contributed by atoms with van der Waals surface area (Å²) in [5.41, 5.74) is 0.527. The second-order valence-electron chi connectivity index (χ2n) is 6.66. The Bertz CT molecular complexity index is 1010. The van der Waals surface area contributed by atoms with E-state index in [1.807, 2.05) is 6.92 Å². The van der Waals surface area contributed by atoms with Crippen molar-refractivity contribution in [2.24, 2.45) is 0 Å². The van der Waals surface area contributed by atoms with Crippen molar-refractivity contribution >= 4 is 21.8 Å². The smallest absolute Gasteiger partial charge is 0.409 e. The molecular formula is C19H24N4O7S. The van der Waals surface area contributed by atoms with Crippen molar-refractivity contribution in [2.75, 3.05) is 45.1 Å². The second-order valence-corrected chi connectivity index (χ2v) is 8.52. The largest absolute Gasteiger partial charge is 0.494 e. The van der Waals surface area contributed by atoms with Crippen LogP contribution in [0.1, 0.15) is 13.8 Å². The molecule has 0 spiro atoms. The molecule has 1 aromatic heterocycles. The lowest BCUT2D eigenvalue weighted by molar-refractivity contribution is -0.130. The van der Waals surface area contributed by atoms with Gasteiger partial charge in [-0.15, -0.1) is 5.10 Å². The fourth-order valence-corrected chi connectivity index (χ4v) is 3.98. The zero-order valence-electron chi connectivity index (χ0n) is 17.3. The Hall–Kier alpha value is -3.15. The van der Waals surface area contributed by atoms with Gasteiger partial charge in [-0.05, 0) is 38.1 Å². The maximum absolute atomic E-state index is 12.6. The fraction of sp³-hybridized carbons (Fsp3) is 0.474. The van der Waals surface area contributed by atoms with E-state index < -0.39 is 32.8 Å². The van der Waals surface area contributed by atoms with Crippen molar-refractivity contribution < 1.29 is 31.9 Å². The van der Waals surface area contributed by atoms with Crippen LogP contribution in [0.25, 0.3) is 11.5 Å². The van der Waals surface area contributed by atoms with Crippen LogP contribution in [0.15, 0.2) is 33.9 Å². The van der Waals surface area contributed by atoms with E-state index in [-0.39, 0.29) is 38.7 Å². The molecule has 1 aliphatic rings. The number of nitrogens with zero attached hydrogens (tertiary/aromatic N) is 4. The number of piperazine rings is 1. The molecule has 3 rings (SSSR count). The third-order valence-corrected chi connectivity index (χ3v) is 5.88. The molecule has 1 saturated heterocycles. The van der Waals surface area contributed by atoms with E-state index in [0.29, 0.717) is 17.9 Å². The van der Waals surface area contributed by atoms with Crippen LogP contribution in [0.4, 0.5) is 4.79 Å². The monoisotopic (exact) mass is 452 g/mol. The van der Waals surface area contributed by atoms with Gasteiger partial charge < -0.3 is 23.7 Å². The van der Waals surface area contributed by atoms with Crippen molar-refractivity contribution in [1.82, 2.24) is 20.0 Å². The molecule has 0 saturated carbocycles. The summed E-state index contributed by atoms with van der Waals surface area (Å²) in [6.07, 6.45) is -0.449. The zero-order valence-corrected chi connectivity index (χ0v) is 18.1. The highest BCUT2D eigenvalue weighted by atomic mass is 32.2. The second kappa shape index (κ2) is 9.77. The summed E-state index contributed by atoms with van der Waals surface area (Å²) in [5, 5.41) is 6.76. The minimum Gasteiger partial charge on any atom is -0.494 e. The first-order valence-electron chi connectivity index (χ1n) is 9.83. The SMILES string of the molecule is CCOC(=O)N1CCN(C(=O)CS(=O)(=O)c2nnc(-c3ccc(OCC)cc3)o2)CC1. The summed E-state index contributed by atoms with van der Waals surface area (Å²) >= 11 is 0. The van der Waals surface area contributed by atoms with Crippen LogP contribution in [-0.2, 0) is 19.4 Å². The predicted molar refractivity (Wildman–Crippen MR) is 108 cm³/mol. The summed E-state index contributed by atoms with van der Waals surface area (Å²) < 4.78 is 40.7. The summed E-state index contributed by atoms with van der Waals surface area (Å²) in [4.78, 5) is 27.1. The van der Waals surface area contributed by atoms with Crippen molar-refractivity contribution in [3.63, 3.8) is 0 Å². The molecule has 0 N–H and O–H groups in total. The Morgan fingerprint density at radius 2 is 1.65 bits per heavy atom. The first-order chi connectivity index (χ1) is 14.8. The first kappa shape index (κ1) is 22.5. The summed E-state index contributed by atoms with van der Waals surface area (Å²) in [6.45, 7) is 5.34. The third-order valence-electron chi connectivity index (χ3n) is 4.56. The molecule has 168 valence electrons. The van der Waals surface area contributed by atoms with E-state index in [2.05, 4.69) is 10.2 Å². The van der Waals surface area contributed by atoms with Crippen molar-refractivity contribution in [3.05, 3.63) is 24.3 Å². The van der Waals surface area contributed by atoms with Crippen molar-refractivity contribution in [1.29, 1.82) is 0 Å². The van der Waals surface area contributed by atoms with Gasteiger partial charge in [0.1, 0.15) is 11.5 Å². The highest BCUT2D eigenvalue weighted by molar-refractivity contribution is 7.91. The maximum atomic E-state index is 12.6. The molecule has 0 aliphatic carbocycles. The molecule has 0 radical (unpaired) electrons. The molecule has 1 fully saturated rings. The number of carbonyl (C=O) groups is 2. The number of ether oxygens (including phenoxy) is 2. The van der Waals surface area contributed by atoms with E-state index in [1.54, 1.807) is 31.2 Å². The van der Waals surface area contributed by atoms with E-state index in [1.165, 1.54) is 9.80 Å². The standard InChI is InChI=1S/C19H24N4O7S/c1-3-28-15-7-5-14(6-8-15)17-20-21-18(30-17)31(26,27)13-16(24)22-9-11-23(12-10-22)19(25)29-4-2/h5-8H,3-4,9-13H2,1-2H3. The molecule has 2 aromatic rings. The molecule has 1 aromatic carbocycles. The average Bonchev–Trinajstić information content (AvgIpc) is 3.26. The number of hydrogen-bond donors (Lipinski definition) is 0. The Balaban J connectivity index is 1.61. The first-order valence-corrected chi connectivity index (χ1v) is 11.5. The normalized spacial score (nSPS) is 14.4. The Morgan fingerprint density at radius 1 is 1.00 bits per heavy atom. The van der Waals surface area contributed by atoms with Gasteiger partial charge in [-0.1, -0.05) is 5.10 Å². The molecule has 1 aliphatic heterocycles. The zero-order chi connectivity index (χ0) is 22.4. The lowest BCUT2D eigenvalue weighted by Gasteiger charge is -2.33. The van der Waals surface area contributed by atoms with Crippen LogP contribution >= 0.6 is 0 Å². The van der Waals surface area contributed by atoms with E-state index in [0.717, 1.165) is 0 Å². The van der Waals surface area contributed by atoms with Crippen LogP contribution in [0, 0.1) is 0 Å². The molecule has 31 heavy (non-hydrogen) atoms. The van der Waals surface area contributed by atoms with Gasteiger partial charge in [0.2, 0.25) is 21.6 Å². The number of benzene rings is 1. The van der Waals surface area contributed by atoms with Gasteiger partial charge in [0.15, 0.2) is 0 Å². The molecule has 2 heterocycles. The van der Waals surface area contributed by atoms with Gasteiger partial charge >= 0.3 is 11.3 Å². The Kier molecular flexibility index (Phi) is 7.10. The number of rotatable bonds is 7. The van der Waals surface area contributed by atoms with Gasteiger partial charge in [-0.3, -0.25) is 4.79 Å². The lowest BCUT2D eigenvalue weighted by Crippen LogP contribution is -2.51. The minimum atomic E-state index is -4.11. The predicted octanol–water partition coefficient (Wildman–Crippen LogP) is 1.21. The van der Waals surface area contributed by atoms with Crippen LogP contribution < -0.4 is 4.74 Å².